The van der Waals surface area contributed by atoms with E-state index in [0.717, 1.165) is 29.0 Å². The van der Waals surface area contributed by atoms with Gasteiger partial charge >= 0.3 is 6.03 Å². The van der Waals surface area contributed by atoms with E-state index in [1.165, 1.54) is 11.3 Å². The Morgan fingerprint density at radius 2 is 2.00 bits per heavy atom. The van der Waals surface area contributed by atoms with Crippen molar-refractivity contribution >= 4 is 35.0 Å². The number of ketones is 1. The van der Waals surface area contributed by atoms with Crippen molar-refractivity contribution in [2.45, 2.75) is 65.5 Å². The predicted octanol–water partition coefficient (Wildman–Crippen LogP) is 3.09. The molecule has 7 nitrogen and oxygen atoms in total. The second-order valence-corrected chi connectivity index (χ2v) is 10.2. The van der Waals surface area contributed by atoms with Crippen molar-refractivity contribution in [3.63, 3.8) is 0 Å². The standard InChI is InChI=1S/C21H29N3O4S/c1-13-7-5-6-10-21(13)18(27)24(19(28)23-21)12-15(25)16-9-8-14(29-16)11-22-17(26)20(2,3)4/h8-9,13H,5-7,10-12H2,1-4H3,(H,22,26)(H,23,28)/t13-,21-/m0/s1. The highest BCUT2D eigenvalue weighted by atomic mass is 32.1. The van der Waals surface area contributed by atoms with Crippen LogP contribution in [-0.4, -0.2) is 40.6 Å². The first-order valence-electron chi connectivity index (χ1n) is 10.1. The monoisotopic (exact) mass is 419 g/mol. The number of rotatable bonds is 5. The zero-order chi connectivity index (χ0) is 21.4. The van der Waals surface area contributed by atoms with Gasteiger partial charge in [0.1, 0.15) is 5.54 Å². The second-order valence-electron chi connectivity index (χ2n) is 9.06. The van der Waals surface area contributed by atoms with Crippen LogP contribution in [0.4, 0.5) is 4.79 Å². The molecular formula is C21H29N3O4S. The van der Waals surface area contributed by atoms with Crippen molar-refractivity contribution in [2.75, 3.05) is 6.54 Å². The fourth-order valence-electron chi connectivity index (χ4n) is 3.92. The number of Topliss-reactive ketones (excluding diaryl/α,β-unsaturated/α-hetero) is 1. The summed E-state index contributed by atoms with van der Waals surface area (Å²) in [6.45, 7) is 7.59. The Balaban J connectivity index is 1.63. The average molecular weight is 420 g/mol. The van der Waals surface area contributed by atoms with Crippen molar-refractivity contribution in [2.24, 2.45) is 11.3 Å². The molecule has 1 saturated carbocycles. The zero-order valence-electron chi connectivity index (χ0n) is 17.5. The third-order valence-corrected chi connectivity index (χ3v) is 6.97. The number of amides is 4. The SMILES string of the molecule is C[C@H]1CCCC[C@]12NC(=O)N(CC(=O)c1ccc(CNC(=O)C(C)(C)C)s1)C2=O. The van der Waals surface area contributed by atoms with Crippen LogP contribution in [0.2, 0.25) is 0 Å². The van der Waals surface area contributed by atoms with Crippen molar-refractivity contribution in [3.8, 4) is 0 Å². The third-order valence-electron chi connectivity index (χ3n) is 5.84. The molecule has 0 unspecified atom stereocenters. The molecule has 1 aromatic rings. The fourth-order valence-corrected chi connectivity index (χ4v) is 4.79. The summed E-state index contributed by atoms with van der Waals surface area (Å²) in [6.07, 6.45) is 3.46. The van der Waals surface area contributed by atoms with Crippen LogP contribution in [0.15, 0.2) is 12.1 Å². The number of urea groups is 1. The molecule has 4 amide bonds. The summed E-state index contributed by atoms with van der Waals surface area (Å²) in [5, 5.41) is 5.72. The maximum absolute atomic E-state index is 13.0. The Morgan fingerprint density at radius 1 is 1.28 bits per heavy atom. The zero-order valence-corrected chi connectivity index (χ0v) is 18.3. The van der Waals surface area contributed by atoms with Gasteiger partial charge in [0.15, 0.2) is 5.78 Å². The smallest absolute Gasteiger partial charge is 0.325 e. The Bertz CT molecular complexity index is 841. The lowest BCUT2D eigenvalue weighted by atomic mass is 9.73. The van der Waals surface area contributed by atoms with Gasteiger partial charge < -0.3 is 10.6 Å². The van der Waals surface area contributed by atoms with Crippen LogP contribution in [0.25, 0.3) is 0 Å². The number of hydrogen-bond acceptors (Lipinski definition) is 5. The highest BCUT2D eigenvalue weighted by Gasteiger charge is 2.55. The van der Waals surface area contributed by atoms with Crippen LogP contribution in [0.3, 0.4) is 0 Å². The first-order chi connectivity index (χ1) is 13.5. The van der Waals surface area contributed by atoms with E-state index in [4.69, 9.17) is 0 Å². The second kappa shape index (κ2) is 7.89. The molecule has 1 saturated heterocycles. The van der Waals surface area contributed by atoms with E-state index in [1.807, 2.05) is 27.7 Å². The largest absolute Gasteiger partial charge is 0.351 e. The highest BCUT2D eigenvalue weighted by molar-refractivity contribution is 7.14. The van der Waals surface area contributed by atoms with E-state index in [1.54, 1.807) is 12.1 Å². The van der Waals surface area contributed by atoms with Crippen molar-refractivity contribution in [1.29, 1.82) is 0 Å². The van der Waals surface area contributed by atoms with Crippen LogP contribution < -0.4 is 10.6 Å². The first kappa shape index (κ1) is 21.5. The quantitative estimate of drug-likeness (QED) is 0.566. The normalized spacial score (nSPS) is 24.7. The maximum Gasteiger partial charge on any atom is 0.325 e. The lowest BCUT2D eigenvalue weighted by Gasteiger charge is -2.36. The molecule has 3 rings (SSSR count). The first-order valence-corrected chi connectivity index (χ1v) is 10.9. The van der Waals surface area contributed by atoms with E-state index in [0.29, 0.717) is 17.8 Å². The molecule has 1 aliphatic carbocycles. The minimum absolute atomic E-state index is 0.0626. The number of carbonyl (C=O) groups is 4. The van der Waals surface area contributed by atoms with Crippen LogP contribution in [0, 0.1) is 11.3 Å². The minimum atomic E-state index is -0.854. The molecule has 29 heavy (non-hydrogen) atoms. The summed E-state index contributed by atoms with van der Waals surface area (Å²) in [7, 11) is 0. The molecule has 158 valence electrons. The molecule has 2 atom stereocenters. The molecule has 8 heteroatoms. The third kappa shape index (κ3) is 4.22. The van der Waals surface area contributed by atoms with Gasteiger partial charge in [0.2, 0.25) is 5.91 Å². The number of hydrogen-bond donors (Lipinski definition) is 2. The molecular weight excluding hydrogens is 390 g/mol. The molecule has 0 radical (unpaired) electrons. The van der Waals surface area contributed by atoms with Gasteiger partial charge in [-0.2, -0.15) is 0 Å². The van der Waals surface area contributed by atoms with Gasteiger partial charge in [0, 0.05) is 10.3 Å². The Kier molecular flexibility index (Phi) is 5.85. The molecule has 2 fully saturated rings. The summed E-state index contributed by atoms with van der Waals surface area (Å²) in [6, 6.07) is 2.99. The molecule has 0 bridgehead atoms. The number of carbonyl (C=O) groups excluding carboxylic acids is 4. The molecule has 1 spiro atoms. The summed E-state index contributed by atoms with van der Waals surface area (Å²) in [4.78, 5) is 52.5. The number of imide groups is 1. The highest BCUT2D eigenvalue weighted by Crippen LogP contribution is 2.38. The van der Waals surface area contributed by atoms with Crippen LogP contribution in [0.1, 0.15) is 67.9 Å². The van der Waals surface area contributed by atoms with E-state index in [-0.39, 0.29) is 30.1 Å². The van der Waals surface area contributed by atoms with E-state index >= 15 is 0 Å². The van der Waals surface area contributed by atoms with E-state index in [2.05, 4.69) is 10.6 Å². The summed E-state index contributed by atoms with van der Waals surface area (Å²) < 4.78 is 0. The minimum Gasteiger partial charge on any atom is -0.351 e. The van der Waals surface area contributed by atoms with Crippen molar-refractivity contribution < 1.29 is 19.2 Å². The topological polar surface area (TPSA) is 95.6 Å². The Morgan fingerprint density at radius 3 is 2.66 bits per heavy atom. The Hall–Kier alpha value is -2.22. The molecule has 1 aliphatic heterocycles. The number of nitrogens with zero attached hydrogens (tertiary/aromatic N) is 1. The average Bonchev–Trinajstić information content (AvgIpc) is 3.21. The molecule has 2 N–H and O–H groups in total. The number of thiophene rings is 1. The van der Waals surface area contributed by atoms with Gasteiger partial charge in [0.25, 0.3) is 5.91 Å². The van der Waals surface area contributed by atoms with Crippen LogP contribution in [0.5, 0.6) is 0 Å². The van der Waals surface area contributed by atoms with Gasteiger partial charge in [-0.05, 0) is 30.9 Å². The van der Waals surface area contributed by atoms with Gasteiger partial charge in [-0.1, -0.05) is 40.5 Å². The molecule has 1 aromatic heterocycles. The Labute approximate surface area is 175 Å². The van der Waals surface area contributed by atoms with Gasteiger partial charge in [0.05, 0.1) is 18.0 Å². The van der Waals surface area contributed by atoms with Crippen molar-refractivity contribution in [3.05, 3.63) is 21.9 Å². The summed E-state index contributed by atoms with van der Waals surface area (Å²) in [5.41, 5.74) is -1.33. The molecule has 2 aliphatic rings. The van der Waals surface area contributed by atoms with E-state index in [9.17, 15) is 19.2 Å². The van der Waals surface area contributed by atoms with Gasteiger partial charge in [-0.25, -0.2) is 4.79 Å². The summed E-state index contributed by atoms with van der Waals surface area (Å²) >= 11 is 1.27. The van der Waals surface area contributed by atoms with Crippen LogP contribution >= 0.6 is 11.3 Å². The van der Waals surface area contributed by atoms with Gasteiger partial charge in [-0.15, -0.1) is 11.3 Å². The van der Waals surface area contributed by atoms with E-state index < -0.39 is 17.0 Å². The maximum atomic E-state index is 13.0. The summed E-state index contributed by atoms with van der Waals surface area (Å²) in [5.74, 6) is -0.553. The van der Waals surface area contributed by atoms with Gasteiger partial charge in [-0.3, -0.25) is 19.3 Å². The fraction of sp³-hybridized carbons (Fsp3) is 0.619. The predicted molar refractivity (Wildman–Crippen MR) is 111 cm³/mol. The number of nitrogens with one attached hydrogen (secondary N) is 2. The molecule has 0 aromatic carbocycles. The lowest BCUT2D eigenvalue weighted by Crippen LogP contribution is -2.54. The van der Waals surface area contributed by atoms with Crippen LogP contribution in [-0.2, 0) is 16.1 Å². The molecule has 2 heterocycles. The van der Waals surface area contributed by atoms with Crippen molar-refractivity contribution in [1.82, 2.24) is 15.5 Å². The lowest BCUT2D eigenvalue weighted by molar-refractivity contribution is -0.134.